The van der Waals surface area contributed by atoms with Crippen LogP contribution in [0.15, 0.2) is 53.3 Å². The number of carbonyl (C=O) groups is 4. The highest BCUT2D eigenvalue weighted by atomic mass is 32.1. The van der Waals surface area contributed by atoms with Gasteiger partial charge in [0, 0.05) is 35.7 Å². The number of nitrogens with one attached hydrogen (secondary N) is 3. The Balaban J connectivity index is 0.00000155. The number of amides is 1. The summed E-state index contributed by atoms with van der Waals surface area (Å²) < 4.78 is 5.70. The molecule has 1 aromatic carbocycles. The first kappa shape index (κ1) is 34.1. The lowest BCUT2D eigenvalue weighted by atomic mass is 9.83. The molecule has 16 heteroatoms. The highest BCUT2D eigenvalue weighted by Crippen LogP contribution is 2.27. The number of nitrogen functional groups attached to an aromatic ring is 1. The quantitative estimate of drug-likeness (QED) is 0.123. The summed E-state index contributed by atoms with van der Waals surface area (Å²) in [7, 11) is 0. The average Bonchev–Trinajstić information content (AvgIpc) is 3.43. The van der Waals surface area contributed by atoms with Crippen LogP contribution in [0.4, 0.5) is 10.9 Å². The smallest absolute Gasteiger partial charge is 0.351 e. The Morgan fingerprint density at radius 1 is 1.26 bits per heavy atom. The number of hydrogen-bond donors (Lipinski definition) is 6. The number of aromatic nitrogens is 2. The Morgan fingerprint density at radius 3 is 2.56 bits per heavy atom. The summed E-state index contributed by atoms with van der Waals surface area (Å²) in [6.07, 6.45) is 0.131. The number of pyridine rings is 1. The highest BCUT2D eigenvalue weighted by Gasteiger charge is 2.43. The Hall–Kier alpha value is -5.09. The van der Waals surface area contributed by atoms with Gasteiger partial charge in [0.05, 0.1) is 11.6 Å². The zero-order valence-corrected chi connectivity index (χ0v) is 24.5. The van der Waals surface area contributed by atoms with Crippen molar-refractivity contribution < 1.29 is 33.9 Å². The van der Waals surface area contributed by atoms with Crippen molar-refractivity contribution in [1.29, 1.82) is 0 Å². The van der Waals surface area contributed by atoms with Gasteiger partial charge in [-0.2, -0.15) is 0 Å². The van der Waals surface area contributed by atoms with Gasteiger partial charge in [-0.1, -0.05) is 11.7 Å². The molecular weight excluding hydrogens is 580 g/mol. The number of fused-ring (bicyclic) bond motifs is 1. The molecule has 8 N–H and O–H groups in total. The summed E-state index contributed by atoms with van der Waals surface area (Å²) in [4.78, 5) is 54.7. The molecular formula is C27H34N8O7S. The molecule has 2 aromatic heterocycles. The number of aliphatic carboxylic acids is 1. The van der Waals surface area contributed by atoms with Crippen LogP contribution >= 0.6 is 11.3 Å². The number of carboxylic acids is 1. The summed E-state index contributed by atoms with van der Waals surface area (Å²) in [5.74, 6) is -0.843. The topological polar surface area (TPSA) is 233 Å². The van der Waals surface area contributed by atoms with Crippen LogP contribution in [-0.2, 0) is 24.0 Å². The first-order valence-corrected chi connectivity index (χ1v) is 13.5. The van der Waals surface area contributed by atoms with E-state index in [9.17, 15) is 14.7 Å². The zero-order chi connectivity index (χ0) is 32.2. The molecule has 3 aromatic rings. The van der Waals surface area contributed by atoms with E-state index in [1.165, 1.54) is 5.38 Å². The highest BCUT2D eigenvalue weighted by molar-refractivity contribution is 7.13. The molecule has 4 rings (SSSR count). The van der Waals surface area contributed by atoms with E-state index in [1.807, 2.05) is 39.6 Å². The third kappa shape index (κ3) is 8.70. The van der Waals surface area contributed by atoms with E-state index in [2.05, 4.69) is 37.7 Å². The standard InChI is InChI=1S/C25H30N8O5S.2CH2O/c1-13-20(25(2,3)32-13)31-22(34)19(17-12-39-24(27)30-17)33-38-18(23(35)36)11-37-15-4-5-16-14(10-15)6-8-28-21(16)29-9-7-26;2*1-2/h4-6,8,10,12,18,20,32H,1,7,9,11,26H2,2-3H3,(H2,27,30)(H,28,29)(H,31,34)(H,35,36);2*1H2/b33-19-;;/t18?,20-;;/m1../s1. The maximum Gasteiger partial charge on any atom is 0.351 e. The first-order chi connectivity index (χ1) is 20.6. The van der Waals surface area contributed by atoms with E-state index in [0.29, 0.717) is 30.4 Å². The van der Waals surface area contributed by atoms with Crippen molar-refractivity contribution in [3.63, 3.8) is 0 Å². The molecule has 0 aliphatic carbocycles. The molecule has 1 unspecified atom stereocenters. The number of carboxylic acid groups (broad SMARTS) is 1. The van der Waals surface area contributed by atoms with Crippen molar-refractivity contribution >= 4 is 64.2 Å². The lowest BCUT2D eigenvalue weighted by molar-refractivity contribution is -0.152. The van der Waals surface area contributed by atoms with Crippen LogP contribution in [0, 0.1) is 0 Å². The minimum absolute atomic E-state index is 0.151. The van der Waals surface area contributed by atoms with E-state index < -0.39 is 23.5 Å². The van der Waals surface area contributed by atoms with Crippen LogP contribution in [0.1, 0.15) is 19.5 Å². The van der Waals surface area contributed by atoms with Gasteiger partial charge in [0.25, 0.3) is 12.0 Å². The monoisotopic (exact) mass is 614 g/mol. The molecule has 3 heterocycles. The number of anilines is 2. The Kier molecular flexibility index (Phi) is 12.5. The van der Waals surface area contributed by atoms with Gasteiger partial charge >= 0.3 is 5.97 Å². The maximum absolute atomic E-state index is 13.1. The second-order valence-electron chi connectivity index (χ2n) is 9.29. The Labute approximate surface area is 251 Å². The van der Waals surface area contributed by atoms with Gasteiger partial charge in [-0.05, 0) is 43.5 Å². The molecule has 0 spiro atoms. The van der Waals surface area contributed by atoms with Gasteiger partial charge in [0.15, 0.2) is 10.8 Å². The second kappa shape index (κ2) is 15.8. The largest absolute Gasteiger partial charge is 0.489 e. The predicted molar refractivity (Wildman–Crippen MR) is 163 cm³/mol. The van der Waals surface area contributed by atoms with Gasteiger partial charge < -0.3 is 51.7 Å². The fourth-order valence-electron chi connectivity index (χ4n) is 4.00. The van der Waals surface area contributed by atoms with E-state index >= 15 is 0 Å². The van der Waals surface area contributed by atoms with Gasteiger partial charge in [-0.15, -0.1) is 11.3 Å². The van der Waals surface area contributed by atoms with Crippen molar-refractivity contribution in [2.24, 2.45) is 10.9 Å². The van der Waals surface area contributed by atoms with Crippen LogP contribution < -0.4 is 32.2 Å². The van der Waals surface area contributed by atoms with Crippen molar-refractivity contribution in [1.82, 2.24) is 20.6 Å². The van der Waals surface area contributed by atoms with Gasteiger partial charge in [-0.25, -0.2) is 14.8 Å². The molecule has 15 nitrogen and oxygen atoms in total. The molecule has 230 valence electrons. The first-order valence-electron chi connectivity index (χ1n) is 12.6. The predicted octanol–water partition coefficient (Wildman–Crippen LogP) is 0.908. The maximum atomic E-state index is 13.1. The molecule has 2 atom stereocenters. The summed E-state index contributed by atoms with van der Waals surface area (Å²) in [5, 5.41) is 26.1. The summed E-state index contributed by atoms with van der Waals surface area (Å²) in [5.41, 5.74) is 11.4. The number of benzene rings is 1. The molecule has 43 heavy (non-hydrogen) atoms. The van der Waals surface area contributed by atoms with Crippen LogP contribution in [0.25, 0.3) is 10.8 Å². The van der Waals surface area contributed by atoms with E-state index in [-0.39, 0.29) is 29.2 Å². The number of carbonyl (C=O) groups excluding carboxylic acids is 3. The number of rotatable bonds is 12. The van der Waals surface area contributed by atoms with Crippen molar-refractivity contribution in [3.05, 3.63) is 53.8 Å². The third-order valence-electron chi connectivity index (χ3n) is 5.93. The number of oxime groups is 1. The Bertz CT molecular complexity index is 1460. The van der Waals surface area contributed by atoms with Gasteiger partial charge in [0.2, 0.25) is 0 Å². The lowest BCUT2D eigenvalue weighted by Crippen LogP contribution is -2.69. The fourth-order valence-corrected chi connectivity index (χ4v) is 4.54. The molecule has 0 radical (unpaired) electrons. The lowest BCUT2D eigenvalue weighted by Gasteiger charge is -2.48. The number of thiazole rings is 1. The second-order valence-corrected chi connectivity index (χ2v) is 10.2. The average molecular weight is 615 g/mol. The van der Waals surface area contributed by atoms with E-state index in [4.69, 9.17) is 30.6 Å². The van der Waals surface area contributed by atoms with Crippen LogP contribution in [-0.4, -0.2) is 83.6 Å². The number of nitrogens with zero attached hydrogens (tertiary/aromatic N) is 3. The summed E-state index contributed by atoms with van der Waals surface area (Å²) >= 11 is 1.11. The molecule has 0 saturated carbocycles. The molecule has 0 bridgehead atoms. The van der Waals surface area contributed by atoms with Crippen molar-refractivity contribution in [2.75, 3.05) is 30.7 Å². The summed E-state index contributed by atoms with van der Waals surface area (Å²) in [6.45, 7) is 12.3. The van der Waals surface area contributed by atoms with Crippen LogP contribution in [0.3, 0.4) is 0 Å². The van der Waals surface area contributed by atoms with Gasteiger partial charge in [-0.3, -0.25) is 4.79 Å². The van der Waals surface area contributed by atoms with E-state index in [0.717, 1.165) is 22.1 Å². The Morgan fingerprint density at radius 2 is 1.98 bits per heavy atom. The minimum atomic E-state index is -1.52. The molecule has 1 aliphatic heterocycles. The normalized spacial score (nSPS) is 15.7. The number of ether oxygens (including phenoxy) is 1. The number of hydrogen-bond acceptors (Lipinski definition) is 14. The van der Waals surface area contributed by atoms with Crippen LogP contribution in [0.2, 0.25) is 0 Å². The number of nitrogens with two attached hydrogens (primary N) is 2. The van der Waals surface area contributed by atoms with Crippen molar-refractivity contribution in [3.8, 4) is 5.75 Å². The molecule has 1 amide bonds. The minimum Gasteiger partial charge on any atom is -0.489 e. The molecule has 1 fully saturated rings. The SMILES string of the molecule is C=C1NC(C)(C)[C@@H]1NC(=O)/C(=N\OC(COc1ccc2c(NCCN)nccc2c1)C(=O)O)c1csc(N)n1.C=O.C=O. The molecule has 1 saturated heterocycles. The van der Waals surface area contributed by atoms with Crippen LogP contribution in [0.5, 0.6) is 5.75 Å². The fraction of sp³-hybridized carbons (Fsp3) is 0.296. The van der Waals surface area contributed by atoms with E-state index in [1.54, 1.807) is 18.3 Å². The molecule has 1 aliphatic rings. The van der Waals surface area contributed by atoms with Crippen molar-refractivity contribution in [2.45, 2.75) is 31.5 Å². The summed E-state index contributed by atoms with van der Waals surface area (Å²) in [6, 6.07) is 6.69. The zero-order valence-electron chi connectivity index (χ0n) is 23.7. The van der Waals surface area contributed by atoms with Gasteiger partial charge in [0.1, 0.15) is 37.4 Å². The third-order valence-corrected chi connectivity index (χ3v) is 6.60.